The predicted octanol–water partition coefficient (Wildman–Crippen LogP) is 4.18. The Morgan fingerprint density at radius 3 is 2.36 bits per heavy atom. The molecule has 0 spiro atoms. The van der Waals surface area contributed by atoms with Gasteiger partial charge in [-0.25, -0.2) is 0 Å². The third-order valence-electron chi connectivity index (χ3n) is 7.05. The molecule has 1 aliphatic heterocycles. The first-order valence-electron chi connectivity index (χ1n) is 9.71. The van der Waals surface area contributed by atoms with Gasteiger partial charge < -0.3 is 14.0 Å². The summed E-state index contributed by atoms with van der Waals surface area (Å²) in [5.74, 6) is 1.47. The van der Waals surface area contributed by atoms with Gasteiger partial charge in [-0.3, -0.25) is 4.79 Å². The van der Waals surface area contributed by atoms with Crippen LogP contribution in [-0.4, -0.2) is 30.9 Å². The summed E-state index contributed by atoms with van der Waals surface area (Å²) < 4.78 is 17.7. The molecule has 25 heavy (non-hydrogen) atoms. The zero-order valence-corrected chi connectivity index (χ0v) is 16.8. The van der Waals surface area contributed by atoms with Crippen molar-refractivity contribution in [1.29, 1.82) is 0 Å². The Bertz CT molecular complexity index is 562. The molecule has 140 valence electrons. The van der Waals surface area contributed by atoms with Crippen LogP contribution in [0.15, 0.2) is 11.5 Å². The van der Waals surface area contributed by atoms with Crippen LogP contribution in [0, 0.1) is 23.2 Å². The quantitative estimate of drug-likeness (QED) is 0.565. The first-order valence-corrected chi connectivity index (χ1v) is 9.71. The summed E-state index contributed by atoms with van der Waals surface area (Å²) in [7, 11) is -0.216. The van der Waals surface area contributed by atoms with Gasteiger partial charge in [-0.2, -0.15) is 0 Å². The second-order valence-electron chi connectivity index (χ2n) is 9.57. The summed E-state index contributed by atoms with van der Waals surface area (Å²) in [6.45, 7) is 14.8. The molecular formula is C20H33BO4. The van der Waals surface area contributed by atoms with E-state index in [1.54, 1.807) is 0 Å². The molecular weight excluding hydrogens is 315 g/mol. The zero-order chi connectivity index (χ0) is 18.6. The minimum absolute atomic E-state index is 0.0601. The predicted molar refractivity (Wildman–Crippen MR) is 98.9 cm³/mol. The molecule has 0 aromatic rings. The van der Waals surface area contributed by atoms with E-state index in [9.17, 15) is 4.79 Å². The number of hydrogen-bond donors (Lipinski definition) is 0. The van der Waals surface area contributed by atoms with Gasteiger partial charge in [0, 0.05) is 0 Å². The van der Waals surface area contributed by atoms with Crippen molar-refractivity contribution in [3.63, 3.8) is 0 Å². The molecule has 3 atom stereocenters. The largest absolute Gasteiger partial charge is 0.490 e. The normalized spacial score (nSPS) is 33.3. The average molecular weight is 348 g/mol. The number of allylic oxidation sites excluding steroid dienone is 2. The van der Waals surface area contributed by atoms with Crippen molar-refractivity contribution >= 4 is 13.1 Å². The summed E-state index contributed by atoms with van der Waals surface area (Å²) >= 11 is 0. The maximum atomic E-state index is 12.3. The van der Waals surface area contributed by atoms with Crippen LogP contribution >= 0.6 is 0 Å². The molecule has 0 radical (unpaired) electrons. The first-order chi connectivity index (χ1) is 11.5. The van der Waals surface area contributed by atoms with Gasteiger partial charge in [-0.1, -0.05) is 6.08 Å². The lowest BCUT2D eigenvalue weighted by Gasteiger charge is -2.32. The number of ether oxygens (including phenoxy) is 1. The minimum atomic E-state index is -0.404. The number of rotatable bonds is 4. The molecule has 2 aliphatic carbocycles. The van der Waals surface area contributed by atoms with Crippen molar-refractivity contribution in [3.05, 3.63) is 11.5 Å². The molecule has 0 bridgehead atoms. The standard InChI is InChI=1S/C20H33BO4/c1-8-23-17(22)18(2,3)15-9-13-11-16(12-14(13)10-15)21-24-19(4,5)20(6,7)25-21/h11,13-15H,8-10,12H2,1-7H3/t13-,14+,15?/m0/s1. The zero-order valence-electron chi connectivity index (χ0n) is 16.8. The van der Waals surface area contributed by atoms with Gasteiger partial charge in [0.15, 0.2) is 0 Å². The van der Waals surface area contributed by atoms with E-state index >= 15 is 0 Å². The van der Waals surface area contributed by atoms with Gasteiger partial charge in [0.1, 0.15) is 0 Å². The molecule has 0 aromatic heterocycles. The molecule has 1 heterocycles. The van der Waals surface area contributed by atoms with Crippen molar-refractivity contribution in [1.82, 2.24) is 0 Å². The van der Waals surface area contributed by atoms with E-state index in [0.29, 0.717) is 24.4 Å². The summed E-state index contributed by atoms with van der Waals surface area (Å²) in [5, 5.41) is 0. The number of carbonyl (C=O) groups is 1. The van der Waals surface area contributed by atoms with E-state index in [0.717, 1.165) is 19.3 Å². The molecule has 1 unspecified atom stereocenters. The molecule has 3 aliphatic rings. The SMILES string of the molecule is CCOC(=O)C(C)(C)C1C[C@@H]2CC(B3OC(C)(C)C(C)(C)O3)=C[C@@H]2C1. The summed E-state index contributed by atoms with van der Waals surface area (Å²) in [6.07, 6.45) is 5.53. The van der Waals surface area contributed by atoms with Gasteiger partial charge in [-0.15, -0.1) is 0 Å². The lowest BCUT2D eigenvalue weighted by molar-refractivity contribution is -0.156. The molecule has 0 N–H and O–H groups in total. The summed E-state index contributed by atoms with van der Waals surface area (Å²) in [4.78, 5) is 12.3. The van der Waals surface area contributed by atoms with Gasteiger partial charge in [0.2, 0.25) is 0 Å². The molecule has 0 aromatic carbocycles. The second-order valence-corrected chi connectivity index (χ2v) is 9.57. The fraction of sp³-hybridized carbons (Fsp3) is 0.850. The Hall–Kier alpha value is -0.805. The highest BCUT2D eigenvalue weighted by molar-refractivity contribution is 6.54. The van der Waals surface area contributed by atoms with E-state index < -0.39 is 5.41 Å². The fourth-order valence-corrected chi connectivity index (χ4v) is 4.48. The van der Waals surface area contributed by atoms with Crippen molar-refractivity contribution < 1.29 is 18.8 Å². The lowest BCUT2D eigenvalue weighted by Crippen LogP contribution is -2.41. The van der Waals surface area contributed by atoms with Crippen molar-refractivity contribution in [2.75, 3.05) is 6.61 Å². The number of esters is 1. The fourth-order valence-electron chi connectivity index (χ4n) is 4.48. The molecule has 5 heteroatoms. The van der Waals surface area contributed by atoms with Crippen LogP contribution in [0.5, 0.6) is 0 Å². The highest BCUT2D eigenvalue weighted by atomic mass is 16.7. The maximum absolute atomic E-state index is 12.3. The minimum Gasteiger partial charge on any atom is -0.466 e. The molecule has 1 saturated heterocycles. The lowest BCUT2D eigenvalue weighted by atomic mass is 9.73. The second kappa shape index (κ2) is 6.12. The number of fused-ring (bicyclic) bond motifs is 1. The van der Waals surface area contributed by atoms with Crippen LogP contribution in [0.3, 0.4) is 0 Å². The Morgan fingerprint density at radius 2 is 1.84 bits per heavy atom. The van der Waals surface area contributed by atoms with Crippen molar-refractivity contribution in [3.8, 4) is 0 Å². The highest BCUT2D eigenvalue weighted by Crippen LogP contribution is 2.53. The average Bonchev–Trinajstić information content (AvgIpc) is 3.09. The van der Waals surface area contributed by atoms with Crippen LogP contribution in [-0.2, 0) is 18.8 Å². The Kier molecular flexibility index (Phi) is 4.65. The Balaban J connectivity index is 1.66. The van der Waals surface area contributed by atoms with Crippen molar-refractivity contribution in [2.24, 2.45) is 23.2 Å². The Morgan fingerprint density at radius 1 is 1.24 bits per heavy atom. The molecule has 1 saturated carbocycles. The van der Waals surface area contributed by atoms with Gasteiger partial charge in [-0.05, 0) is 91.0 Å². The first kappa shape index (κ1) is 19.0. The van der Waals surface area contributed by atoms with E-state index in [1.165, 1.54) is 5.47 Å². The van der Waals surface area contributed by atoms with Crippen LogP contribution in [0.2, 0.25) is 0 Å². The van der Waals surface area contributed by atoms with E-state index in [2.05, 4.69) is 33.8 Å². The van der Waals surface area contributed by atoms with Gasteiger partial charge in [0.05, 0.1) is 23.2 Å². The summed E-state index contributed by atoms with van der Waals surface area (Å²) in [6, 6.07) is 0. The van der Waals surface area contributed by atoms with Crippen LogP contribution in [0.25, 0.3) is 0 Å². The highest BCUT2D eigenvalue weighted by Gasteiger charge is 2.55. The van der Waals surface area contributed by atoms with Gasteiger partial charge in [0.25, 0.3) is 0 Å². The Labute approximate surface area is 152 Å². The third-order valence-corrected chi connectivity index (χ3v) is 7.05. The van der Waals surface area contributed by atoms with Crippen LogP contribution < -0.4 is 0 Å². The van der Waals surface area contributed by atoms with E-state index in [1.807, 2.05) is 20.8 Å². The maximum Gasteiger partial charge on any atom is 0.490 e. The molecule has 2 fully saturated rings. The van der Waals surface area contributed by atoms with E-state index in [-0.39, 0.29) is 24.3 Å². The number of carbonyl (C=O) groups excluding carboxylic acids is 1. The topological polar surface area (TPSA) is 44.8 Å². The summed E-state index contributed by atoms with van der Waals surface area (Å²) in [5.41, 5.74) is 0.314. The smallest absolute Gasteiger partial charge is 0.466 e. The molecule has 0 amide bonds. The third kappa shape index (κ3) is 3.19. The van der Waals surface area contributed by atoms with Crippen LogP contribution in [0.4, 0.5) is 0 Å². The van der Waals surface area contributed by atoms with Crippen molar-refractivity contribution in [2.45, 2.75) is 78.9 Å². The monoisotopic (exact) mass is 348 g/mol. The van der Waals surface area contributed by atoms with E-state index in [4.69, 9.17) is 14.0 Å². The van der Waals surface area contributed by atoms with Gasteiger partial charge >= 0.3 is 13.1 Å². The molecule has 3 rings (SSSR count). The molecule has 4 nitrogen and oxygen atoms in total. The van der Waals surface area contributed by atoms with Crippen LogP contribution in [0.1, 0.15) is 67.7 Å². The number of hydrogen-bond acceptors (Lipinski definition) is 4.